The van der Waals surface area contributed by atoms with E-state index in [1.165, 1.54) is 24.8 Å². The Balaban J connectivity index is 0.00000364. The fourth-order valence-corrected chi connectivity index (χ4v) is 4.51. The fraction of sp³-hybridized carbons (Fsp3) is 0.435. The topological polar surface area (TPSA) is 26.3 Å². The Morgan fingerprint density at radius 1 is 0.926 bits per heavy atom. The number of carbonyl (C=O) groups is 1. The second-order valence-corrected chi connectivity index (χ2v) is 8.36. The standard InChI is InChI=1S/C23H31O2P.Li/c1-6-7-8-9-12-25-20-10-11-21(17(3)15-20)26-23(24)22-18(4)13-16(2)14-19(22)5;/h10-11,13-15,26H,6-9,12H2,1-5H3;. The maximum Gasteiger partial charge on any atom is 0.186 e. The Morgan fingerprint density at radius 3 is 2.19 bits per heavy atom. The van der Waals surface area contributed by atoms with Crippen molar-refractivity contribution in [3.05, 3.63) is 58.1 Å². The van der Waals surface area contributed by atoms with Crippen LogP contribution in [0.4, 0.5) is 0 Å². The minimum absolute atomic E-state index is 0. The molecule has 0 aliphatic heterocycles. The summed E-state index contributed by atoms with van der Waals surface area (Å²) in [5.41, 5.74) is 5.58. The van der Waals surface area contributed by atoms with Gasteiger partial charge in [-0.1, -0.05) is 49.9 Å². The third kappa shape index (κ3) is 7.12. The molecule has 2 rings (SSSR count). The first-order valence-corrected chi connectivity index (χ1v) is 10.5. The van der Waals surface area contributed by atoms with E-state index >= 15 is 0 Å². The van der Waals surface area contributed by atoms with Crippen LogP contribution in [0.3, 0.4) is 0 Å². The van der Waals surface area contributed by atoms with Crippen LogP contribution in [0.15, 0.2) is 30.3 Å². The Bertz CT molecular complexity index is 748. The van der Waals surface area contributed by atoms with Gasteiger partial charge in [0.2, 0.25) is 0 Å². The smallest absolute Gasteiger partial charge is 0.186 e. The number of carbonyl (C=O) groups excluding carboxylic acids is 1. The summed E-state index contributed by atoms with van der Waals surface area (Å²) < 4.78 is 5.85. The Hall–Kier alpha value is -1.06. The number of ether oxygens (including phenoxy) is 1. The first-order chi connectivity index (χ1) is 12.4. The second-order valence-electron chi connectivity index (χ2n) is 7.11. The number of unbranched alkanes of at least 4 members (excludes halogenated alkanes) is 3. The van der Waals surface area contributed by atoms with Crippen LogP contribution in [0.2, 0.25) is 0 Å². The van der Waals surface area contributed by atoms with Crippen molar-refractivity contribution in [3.63, 3.8) is 0 Å². The number of aryl methyl sites for hydroxylation is 4. The van der Waals surface area contributed by atoms with E-state index in [9.17, 15) is 4.79 Å². The van der Waals surface area contributed by atoms with Crippen molar-refractivity contribution in [1.82, 2.24) is 0 Å². The molecular weight excluding hydrogens is 346 g/mol. The zero-order valence-electron chi connectivity index (χ0n) is 17.7. The van der Waals surface area contributed by atoms with Crippen LogP contribution in [-0.2, 0) is 0 Å². The molecule has 0 aliphatic rings. The SMILES string of the molecule is CCCCCCOc1ccc(PC(=O)c2c(C)cc(C)cc2C)c(C)c1.[Li]. The van der Waals surface area contributed by atoms with Gasteiger partial charge < -0.3 is 4.74 Å². The van der Waals surface area contributed by atoms with Crippen LogP contribution in [0, 0.1) is 27.7 Å². The quantitative estimate of drug-likeness (QED) is 0.321. The summed E-state index contributed by atoms with van der Waals surface area (Å²) in [6.07, 6.45) is 4.82. The fourth-order valence-electron chi connectivity index (χ4n) is 3.31. The summed E-state index contributed by atoms with van der Waals surface area (Å²) in [5.74, 6) is 0.905. The van der Waals surface area contributed by atoms with E-state index in [1.54, 1.807) is 0 Å². The summed E-state index contributed by atoms with van der Waals surface area (Å²) in [6.45, 7) is 11.2. The van der Waals surface area contributed by atoms with Gasteiger partial charge in [-0.15, -0.1) is 0 Å². The van der Waals surface area contributed by atoms with Crippen molar-refractivity contribution in [2.45, 2.75) is 60.3 Å². The van der Waals surface area contributed by atoms with Crippen LogP contribution in [0.5, 0.6) is 5.75 Å². The predicted molar refractivity (Wildman–Crippen MR) is 120 cm³/mol. The average Bonchev–Trinajstić information content (AvgIpc) is 2.56. The predicted octanol–water partition coefficient (Wildman–Crippen LogP) is 5.64. The normalized spacial score (nSPS) is 10.9. The van der Waals surface area contributed by atoms with Crippen molar-refractivity contribution in [2.75, 3.05) is 6.61 Å². The van der Waals surface area contributed by atoms with Gasteiger partial charge in [0.15, 0.2) is 5.52 Å². The molecule has 2 nitrogen and oxygen atoms in total. The van der Waals surface area contributed by atoms with Gasteiger partial charge in [-0.2, -0.15) is 0 Å². The summed E-state index contributed by atoms with van der Waals surface area (Å²) in [7, 11) is 0.148. The van der Waals surface area contributed by atoms with Crippen LogP contribution < -0.4 is 10.0 Å². The van der Waals surface area contributed by atoms with Gasteiger partial charge in [0.1, 0.15) is 5.75 Å². The van der Waals surface area contributed by atoms with Gasteiger partial charge in [-0.05, 0) is 76.8 Å². The minimum atomic E-state index is 0. The Labute approximate surface area is 178 Å². The number of hydrogen-bond donors (Lipinski definition) is 0. The van der Waals surface area contributed by atoms with Crippen LogP contribution in [0.1, 0.15) is 65.2 Å². The molecule has 4 heteroatoms. The van der Waals surface area contributed by atoms with Crippen LogP contribution >= 0.6 is 8.58 Å². The van der Waals surface area contributed by atoms with E-state index in [-0.39, 0.29) is 33.0 Å². The number of rotatable bonds is 9. The van der Waals surface area contributed by atoms with E-state index in [4.69, 9.17) is 4.74 Å². The molecule has 1 atom stereocenters. The van der Waals surface area contributed by atoms with Gasteiger partial charge in [0.25, 0.3) is 0 Å². The largest absolute Gasteiger partial charge is 0.494 e. The van der Waals surface area contributed by atoms with E-state index < -0.39 is 0 Å². The maximum absolute atomic E-state index is 12.9. The molecule has 0 aromatic heterocycles. The number of benzene rings is 2. The molecule has 141 valence electrons. The maximum atomic E-state index is 12.9. The zero-order chi connectivity index (χ0) is 19.1. The number of hydrogen-bond acceptors (Lipinski definition) is 2. The van der Waals surface area contributed by atoms with Crippen LogP contribution in [-0.4, -0.2) is 31.0 Å². The monoisotopic (exact) mass is 377 g/mol. The van der Waals surface area contributed by atoms with E-state index in [2.05, 4.69) is 39.0 Å². The van der Waals surface area contributed by atoms with Crippen molar-refractivity contribution < 1.29 is 9.53 Å². The van der Waals surface area contributed by atoms with Crippen molar-refractivity contribution in [2.24, 2.45) is 0 Å². The van der Waals surface area contributed by atoms with Gasteiger partial charge in [-0.25, -0.2) is 0 Å². The van der Waals surface area contributed by atoms with Crippen molar-refractivity contribution in [3.8, 4) is 5.75 Å². The molecule has 0 saturated heterocycles. The first kappa shape index (κ1) is 24.0. The Morgan fingerprint density at radius 2 is 1.59 bits per heavy atom. The zero-order valence-corrected chi connectivity index (χ0v) is 18.7. The van der Waals surface area contributed by atoms with Gasteiger partial charge in [-0.3, -0.25) is 4.79 Å². The van der Waals surface area contributed by atoms with Crippen molar-refractivity contribution in [1.29, 1.82) is 0 Å². The molecule has 1 radical (unpaired) electrons. The molecule has 0 N–H and O–H groups in total. The molecule has 1 unspecified atom stereocenters. The summed E-state index contributed by atoms with van der Waals surface area (Å²) in [6, 6.07) is 10.3. The first-order valence-electron chi connectivity index (χ1n) is 9.55. The van der Waals surface area contributed by atoms with Gasteiger partial charge in [0, 0.05) is 24.4 Å². The molecule has 0 fully saturated rings. The molecule has 0 heterocycles. The molecule has 2 aromatic rings. The molecule has 0 aliphatic carbocycles. The molecule has 2 aromatic carbocycles. The minimum Gasteiger partial charge on any atom is -0.494 e. The molecule has 0 spiro atoms. The van der Waals surface area contributed by atoms with E-state index in [0.717, 1.165) is 46.3 Å². The van der Waals surface area contributed by atoms with Gasteiger partial charge in [0.05, 0.1) is 6.61 Å². The second kappa shape index (κ2) is 11.7. The third-order valence-corrected chi connectivity index (χ3v) is 5.92. The molecular formula is C23H31LiO2P. The summed E-state index contributed by atoms with van der Waals surface area (Å²) in [5, 5.41) is 1.10. The van der Waals surface area contributed by atoms with Gasteiger partial charge >= 0.3 is 0 Å². The van der Waals surface area contributed by atoms with E-state index in [0.29, 0.717) is 0 Å². The summed E-state index contributed by atoms with van der Waals surface area (Å²) in [4.78, 5) is 12.9. The van der Waals surface area contributed by atoms with Crippen LogP contribution in [0.25, 0.3) is 0 Å². The summed E-state index contributed by atoms with van der Waals surface area (Å²) >= 11 is 0. The Kier molecular flexibility index (Phi) is 10.4. The average molecular weight is 377 g/mol. The molecule has 27 heavy (non-hydrogen) atoms. The molecule has 0 bridgehead atoms. The molecule has 0 amide bonds. The molecule has 0 saturated carbocycles. The van der Waals surface area contributed by atoms with E-state index in [1.807, 2.05) is 26.0 Å². The third-order valence-electron chi connectivity index (χ3n) is 4.62. The van der Waals surface area contributed by atoms with Crippen molar-refractivity contribution >= 4 is 38.3 Å².